The molecule has 1 heterocycles. The topological polar surface area (TPSA) is 20.3 Å². The minimum Gasteiger partial charge on any atom is -0.298 e. The third-order valence-electron chi connectivity index (χ3n) is 4.50. The van der Waals surface area contributed by atoms with E-state index < -0.39 is 0 Å². The van der Waals surface area contributed by atoms with Gasteiger partial charge in [-0.05, 0) is 37.3 Å². The van der Waals surface area contributed by atoms with Gasteiger partial charge in [-0.3, -0.25) is 9.69 Å². The smallest absolute Gasteiger partial charge is 0.168 e. The van der Waals surface area contributed by atoms with Crippen molar-refractivity contribution in [3.05, 3.63) is 65.7 Å². The Balaban J connectivity index is 1.69. The number of rotatable bonds is 5. The lowest BCUT2D eigenvalue weighted by molar-refractivity contribution is 0.0808. The lowest BCUT2D eigenvalue weighted by Crippen LogP contribution is -2.38. The van der Waals surface area contributed by atoms with E-state index in [0.29, 0.717) is 5.78 Å². The zero-order chi connectivity index (χ0) is 16.1. The number of carbonyl (C=O) groups excluding carboxylic acids is 1. The van der Waals surface area contributed by atoms with Crippen molar-refractivity contribution in [2.75, 3.05) is 19.3 Å². The van der Waals surface area contributed by atoms with Gasteiger partial charge in [-0.15, -0.1) is 11.8 Å². The Kier molecular flexibility index (Phi) is 5.52. The molecule has 23 heavy (non-hydrogen) atoms. The molecule has 1 saturated heterocycles. The molecule has 2 aromatic rings. The van der Waals surface area contributed by atoms with Crippen LogP contribution in [0, 0.1) is 5.92 Å². The molecule has 0 saturated carbocycles. The lowest BCUT2D eigenvalue weighted by atomic mass is 9.89. The van der Waals surface area contributed by atoms with Crippen LogP contribution in [-0.2, 0) is 6.54 Å². The minimum absolute atomic E-state index is 0.126. The zero-order valence-electron chi connectivity index (χ0n) is 13.6. The van der Waals surface area contributed by atoms with Gasteiger partial charge in [-0.2, -0.15) is 0 Å². The van der Waals surface area contributed by atoms with Crippen LogP contribution in [-0.4, -0.2) is 30.0 Å². The quantitative estimate of drug-likeness (QED) is 0.596. The Bertz CT molecular complexity index is 656. The number of hydrogen-bond acceptors (Lipinski definition) is 3. The monoisotopic (exact) mass is 325 g/mol. The molecule has 0 spiro atoms. The van der Waals surface area contributed by atoms with Crippen LogP contribution in [0.1, 0.15) is 28.8 Å². The maximum absolute atomic E-state index is 12.9. The molecule has 1 atom stereocenters. The van der Waals surface area contributed by atoms with E-state index in [1.54, 1.807) is 11.8 Å². The Labute approximate surface area is 142 Å². The van der Waals surface area contributed by atoms with Crippen molar-refractivity contribution in [2.45, 2.75) is 24.3 Å². The second kappa shape index (κ2) is 7.80. The van der Waals surface area contributed by atoms with Crippen molar-refractivity contribution < 1.29 is 4.79 Å². The summed E-state index contributed by atoms with van der Waals surface area (Å²) in [6, 6.07) is 18.5. The van der Waals surface area contributed by atoms with Gasteiger partial charge in [0.1, 0.15) is 0 Å². The summed E-state index contributed by atoms with van der Waals surface area (Å²) in [4.78, 5) is 16.5. The average Bonchev–Trinajstić information content (AvgIpc) is 2.62. The first-order chi connectivity index (χ1) is 11.3. The van der Waals surface area contributed by atoms with Crippen molar-refractivity contribution in [3.63, 3.8) is 0 Å². The van der Waals surface area contributed by atoms with E-state index in [1.807, 2.05) is 36.6 Å². The Hall–Kier alpha value is -1.58. The molecule has 1 fully saturated rings. The van der Waals surface area contributed by atoms with Crippen LogP contribution in [0.25, 0.3) is 0 Å². The maximum atomic E-state index is 12.9. The van der Waals surface area contributed by atoms with Gasteiger partial charge in [0.15, 0.2) is 5.78 Å². The van der Waals surface area contributed by atoms with Gasteiger partial charge in [0, 0.05) is 29.5 Å². The standard InChI is InChI=1S/C20H23NOS/c1-23-19-12-6-5-11-18(19)20(22)17-10-7-13-21(15-17)14-16-8-3-2-4-9-16/h2-6,8-9,11-12,17H,7,10,13-15H2,1H3. The summed E-state index contributed by atoms with van der Waals surface area (Å²) in [7, 11) is 0. The molecule has 3 heteroatoms. The van der Waals surface area contributed by atoms with E-state index in [9.17, 15) is 4.79 Å². The Morgan fingerprint density at radius 3 is 2.65 bits per heavy atom. The van der Waals surface area contributed by atoms with Gasteiger partial charge < -0.3 is 0 Å². The molecule has 0 N–H and O–H groups in total. The minimum atomic E-state index is 0.126. The van der Waals surface area contributed by atoms with Crippen LogP contribution in [0.3, 0.4) is 0 Å². The molecule has 0 amide bonds. The summed E-state index contributed by atoms with van der Waals surface area (Å²) in [5, 5.41) is 0. The van der Waals surface area contributed by atoms with Gasteiger partial charge in [-0.1, -0.05) is 48.5 Å². The molecular weight excluding hydrogens is 302 g/mol. The third-order valence-corrected chi connectivity index (χ3v) is 5.29. The fraction of sp³-hybridized carbons (Fsp3) is 0.350. The molecule has 1 unspecified atom stereocenters. The number of nitrogens with zero attached hydrogens (tertiary/aromatic N) is 1. The van der Waals surface area contributed by atoms with Crippen molar-refractivity contribution >= 4 is 17.5 Å². The Morgan fingerprint density at radius 1 is 1.13 bits per heavy atom. The van der Waals surface area contributed by atoms with Crippen LogP contribution in [0.15, 0.2) is 59.5 Å². The molecule has 1 aliphatic heterocycles. The fourth-order valence-electron chi connectivity index (χ4n) is 3.32. The summed E-state index contributed by atoms with van der Waals surface area (Å²) in [6.07, 6.45) is 4.15. The number of Topliss-reactive ketones (excluding diaryl/α,β-unsaturated/α-hetero) is 1. The van der Waals surface area contributed by atoms with E-state index >= 15 is 0 Å². The SMILES string of the molecule is CSc1ccccc1C(=O)C1CCCN(Cc2ccccc2)C1. The van der Waals surface area contributed by atoms with E-state index in [1.165, 1.54) is 5.56 Å². The molecular formula is C20H23NOS. The summed E-state index contributed by atoms with van der Waals surface area (Å²) in [5.41, 5.74) is 2.22. The molecule has 2 nitrogen and oxygen atoms in total. The number of likely N-dealkylation sites (tertiary alicyclic amines) is 1. The average molecular weight is 325 g/mol. The molecule has 0 aromatic heterocycles. The number of carbonyl (C=O) groups is 1. The van der Waals surface area contributed by atoms with Gasteiger partial charge in [0.05, 0.1) is 0 Å². The third kappa shape index (κ3) is 4.04. The Morgan fingerprint density at radius 2 is 1.87 bits per heavy atom. The highest BCUT2D eigenvalue weighted by atomic mass is 32.2. The lowest BCUT2D eigenvalue weighted by Gasteiger charge is -2.32. The molecule has 3 rings (SSSR count). The highest BCUT2D eigenvalue weighted by Gasteiger charge is 2.27. The van der Waals surface area contributed by atoms with Crippen LogP contribution in [0.4, 0.5) is 0 Å². The van der Waals surface area contributed by atoms with Gasteiger partial charge >= 0.3 is 0 Å². The first-order valence-electron chi connectivity index (χ1n) is 8.21. The second-order valence-corrected chi connectivity index (χ2v) is 6.97. The van der Waals surface area contributed by atoms with Crippen LogP contribution >= 0.6 is 11.8 Å². The number of piperidine rings is 1. The van der Waals surface area contributed by atoms with Gasteiger partial charge in [-0.25, -0.2) is 0 Å². The highest BCUT2D eigenvalue weighted by molar-refractivity contribution is 7.98. The fourth-order valence-corrected chi connectivity index (χ4v) is 3.93. The molecule has 0 aliphatic carbocycles. The summed E-state index contributed by atoms with van der Waals surface area (Å²) in [5.74, 6) is 0.438. The van der Waals surface area contributed by atoms with E-state index in [4.69, 9.17) is 0 Å². The molecule has 0 bridgehead atoms. The molecule has 2 aromatic carbocycles. The predicted molar refractivity (Wildman–Crippen MR) is 97.0 cm³/mol. The normalized spacial score (nSPS) is 18.7. The predicted octanol–water partition coefficient (Wildman–Crippen LogP) is 4.50. The highest BCUT2D eigenvalue weighted by Crippen LogP contribution is 2.27. The van der Waals surface area contributed by atoms with Crippen LogP contribution in [0.5, 0.6) is 0 Å². The van der Waals surface area contributed by atoms with Crippen molar-refractivity contribution in [2.24, 2.45) is 5.92 Å². The molecule has 0 radical (unpaired) electrons. The first kappa shape index (κ1) is 16.3. The van der Waals surface area contributed by atoms with Gasteiger partial charge in [0.25, 0.3) is 0 Å². The summed E-state index contributed by atoms with van der Waals surface area (Å²) < 4.78 is 0. The number of hydrogen-bond donors (Lipinski definition) is 0. The molecule has 120 valence electrons. The number of ketones is 1. The maximum Gasteiger partial charge on any atom is 0.168 e. The van der Waals surface area contributed by atoms with E-state index in [2.05, 4.69) is 29.2 Å². The van der Waals surface area contributed by atoms with E-state index in [0.717, 1.165) is 42.9 Å². The first-order valence-corrected chi connectivity index (χ1v) is 9.44. The van der Waals surface area contributed by atoms with Crippen LogP contribution in [0.2, 0.25) is 0 Å². The molecule has 1 aliphatic rings. The zero-order valence-corrected chi connectivity index (χ0v) is 14.4. The second-order valence-electron chi connectivity index (χ2n) is 6.12. The van der Waals surface area contributed by atoms with E-state index in [-0.39, 0.29) is 5.92 Å². The van der Waals surface area contributed by atoms with Crippen molar-refractivity contribution in [1.29, 1.82) is 0 Å². The van der Waals surface area contributed by atoms with Crippen molar-refractivity contribution in [3.8, 4) is 0 Å². The number of thioether (sulfide) groups is 1. The van der Waals surface area contributed by atoms with Gasteiger partial charge in [0.2, 0.25) is 0 Å². The van der Waals surface area contributed by atoms with Crippen molar-refractivity contribution in [1.82, 2.24) is 4.90 Å². The summed E-state index contributed by atoms with van der Waals surface area (Å²) in [6.45, 7) is 2.90. The summed E-state index contributed by atoms with van der Waals surface area (Å²) >= 11 is 1.66. The van der Waals surface area contributed by atoms with Crippen LogP contribution < -0.4 is 0 Å². The largest absolute Gasteiger partial charge is 0.298 e. The number of benzene rings is 2.